The molecule has 0 aliphatic rings. The third-order valence-electron chi connectivity index (χ3n) is 2.29. The minimum Gasteiger partial charge on any atom is -0.441 e. The molecule has 3 aromatic rings. The van der Waals surface area contributed by atoms with Gasteiger partial charge in [-0.25, -0.2) is 4.98 Å². The highest BCUT2D eigenvalue weighted by molar-refractivity contribution is 9.10. The highest BCUT2D eigenvalue weighted by atomic mass is 79.9. The summed E-state index contributed by atoms with van der Waals surface area (Å²) < 4.78 is 8.30. The first-order valence-corrected chi connectivity index (χ1v) is 5.79. The second-order valence-corrected chi connectivity index (χ2v) is 4.61. The highest BCUT2D eigenvalue weighted by Gasteiger charge is 2.10. The molecule has 0 radical (unpaired) electrons. The van der Waals surface area contributed by atoms with Crippen molar-refractivity contribution in [3.8, 4) is 11.6 Å². The number of furan rings is 1. The summed E-state index contributed by atoms with van der Waals surface area (Å²) in [6.45, 7) is 0. The van der Waals surface area contributed by atoms with Crippen LogP contribution in [0.2, 0.25) is 5.22 Å². The standard InChI is InChI=1S/C11H6BrClN2O/c12-7-3-4-15-8(5-7)6-14-11(15)9-1-2-10(13)16-9/h1-6H. The van der Waals surface area contributed by atoms with E-state index in [2.05, 4.69) is 20.9 Å². The van der Waals surface area contributed by atoms with Crippen molar-refractivity contribution in [1.82, 2.24) is 9.38 Å². The first kappa shape index (κ1) is 9.93. The SMILES string of the molecule is Clc1ccc(-c2ncc3cc(Br)ccn23)o1. The van der Waals surface area contributed by atoms with Crippen molar-refractivity contribution in [2.24, 2.45) is 0 Å². The molecule has 3 heterocycles. The molecular formula is C11H6BrClN2O. The lowest BCUT2D eigenvalue weighted by Crippen LogP contribution is -1.86. The summed E-state index contributed by atoms with van der Waals surface area (Å²) in [4.78, 5) is 4.31. The van der Waals surface area contributed by atoms with Gasteiger partial charge in [-0.1, -0.05) is 15.9 Å². The fourth-order valence-electron chi connectivity index (χ4n) is 1.59. The Labute approximate surface area is 105 Å². The molecule has 0 spiro atoms. The molecule has 3 nitrogen and oxygen atoms in total. The Morgan fingerprint density at radius 1 is 1.31 bits per heavy atom. The predicted molar refractivity (Wildman–Crippen MR) is 65.6 cm³/mol. The molecule has 0 saturated carbocycles. The van der Waals surface area contributed by atoms with Crippen LogP contribution in [0.1, 0.15) is 0 Å². The second-order valence-electron chi connectivity index (χ2n) is 3.33. The van der Waals surface area contributed by atoms with E-state index in [4.69, 9.17) is 16.0 Å². The summed E-state index contributed by atoms with van der Waals surface area (Å²) in [5.41, 5.74) is 0.997. The maximum Gasteiger partial charge on any atom is 0.194 e. The summed E-state index contributed by atoms with van der Waals surface area (Å²) >= 11 is 9.16. The first-order chi connectivity index (χ1) is 7.74. The molecule has 0 atom stereocenters. The van der Waals surface area contributed by atoms with Crippen molar-refractivity contribution < 1.29 is 4.42 Å². The average molecular weight is 298 g/mol. The van der Waals surface area contributed by atoms with Crippen molar-refractivity contribution in [2.45, 2.75) is 0 Å². The Hall–Kier alpha value is -1.26. The van der Waals surface area contributed by atoms with E-state index in [0.29, 0.717) is 11.0 Å². The van der Waals surface area contributed by atoms with E-state index in [1.54, 1.807) is 18.3 Å². The van der Waals surface area contributed by atoms with E-state index in [0.717, 1.165) is 15.8 Å². The van der Waals surface area contributed by atoms with Gasteiger partial charge in [0.1, 0.15) is 0 Å². The van der Waals surface area contributed by atoms with Crippen LogP contribution in [0.15, 0.2) is 45.5 Å². The first-order valence-electron chi connectivity index (χ1n) is 4.62. The molecule has 80 valence electrons. The Balaban J connectivity index is 2.25. The lowest BCUT2D eigenvalue weighted by Gasteiger charge is -1.98. The van der Waals surface area contributed by atoms with Crippen LogP contribution in [0.25, 0.3) is 17.1 Å². The van der Waals surface area contributed by atoms with Gasteiger partial charge in [0, 0.05) is 10.7 Å². The van der Waals surface area contributed by atoms with Crippen molar-refractivity contribution in [1.29, 1.82) is 0 Å². The molecule has 0 N–H and O–H groups in total. The zero-order valence-electron chi connectivity index (χ0n) is 8.02. The third-order valence-corrected chi connectivity index (χ3v) is 2.98. The molecule has 0 aliphatic carbocycles. The summed E-state index contributed by atoms with van der Waals surface area (Å²) in [7, 11) is 0. The van der Waals surface area contributed by atoms with Gasteiger partial charge in [0.2, 0.25) is 0 Å². The molecule has 0 unspecified atom stereocenters. The number of hydrogen-bond donors (Lipinski definition) is 0. The largest absolute Gasteiger partial charge is 0.441 e. The van der Waals surface area contributed by atoms with E-state index >= 15 is 0 Å². The van der Waals surface area contributed by atoms with Gasteiger partial charge in [-0.2, -0.15) is 0 Å². The minimum absolute atomic E-state index is 0.365. The van der Waals surface area contributed by atoms with Gasteiger partial charge < -0.3 is 4.42 Å². The number of aromatic nitrogens is 2. The maximum atomic E-state index is 5.74. The normalized spacial score (nSPS) is 11.1. The number of halogens is 2. The fraction of sp³-hybridized carbons (Fsp3) is 0. The molecule has 0 bridgehead atoms. The highest BCUT2D eigenvalue weighted by Crippen LogP contribution is 2.25. The monoisotopic (exact) mass is 296 g/mol. The lowest BCUT2D eigenvalue weighted by atomic mass is 10.4. The van der Waals surface area contributed by atoms with Crippen LogP contribution >= 0.6 is 27.5 Å². The minimum atomic E-state index is 0.365. The molecule has 0 aliphatic heterocycles. The van der Waals surface area contributed by atoms with Crippen LogP contribution in [0.3, 0.4) is 0 Å². The van der Waals surface area contributed by atoms with E-state index < -0.39 is 0 Å². The molecule has 3 aromatic heterocycles. The molecule has 3 rings (SSSR count). The molecule has 0 aromatic carbocycles. The van der Waals surface area contributed by atoms with E-state index in [9.17, 15) is 0 Å². The quantitative estimate of drug-likeness (QED) is 0.679. The van der Waals surface area contributed by atoms with Gasteiger partial charge in [0.25, 0.3) is 0 Å². The molecule has 0 fully saturated rings. The van der Waals surface area contributed by atoms with Gasteiger partial charge >= 0.3 is 0 Å². The smallest absolute Gasteiger partial charge is 0.194 e. The van der Waals surface area contributed by atoms with Crippen molar-refractivity contribution in [3.05, 3.63) is 46.4 Å². The number of imidazole rings is 1. The van der Waals surface area contributed by atoms with Gasteiger partial charge in [-0.3, -0.25) is 4.40 Å². The summed E-state index contributed by atoms with van der Waals surface area (Å²) in [5, 5.41) is 0.365. The number of nitrogens with zero attached hydrogens (tertiary/aromatic N) is 2. The predicted octanol–water partition coefficient (Wildman–Crippen LogP) is 4.01. The molecule has 0 saturated heterocycles. The third kappa shape index (κ3) is 1.54. The maximum absolute atomic E-state index is 5.74. The van der Waals surface area contributed by atoms with E-state index in [-0.39, 0.29) is 0 Å². The van der Waals surface area contributed by atoms with Crippen LogP contribution in [0, 0.1) is 0 Å². The molecular weight excluding hydrogens is 291 g/mol. The second kappa shape index (κ2) is 3.64. The molecule has 5 heteroatoms. The zero-order chi connectivity index (χ0) is 11.1. The Kier molecular flexibility index (Phi) is 2.26. The van der Waals surface area contributed by atoms with Crippen LogP contribution in [0.5, 0.6) is 0 Å². The van der Waals surface area contributed by atoms with Gasteiger partial charge in [0.15, 0.2) is 16.8 Å². The topological polar surface area (TPSA) is 30.4 Å². The number of rotatable bonds is 1. The van der Waals surface area contributed by atoms with Crippen molar-refractivity contribution in [3.63, 3.8) is 0 Å². The fourth-order valence-corrected chi connectivity index (χ4v) is 2.09. The zero-order valence-corrected chi connectivity index (χ0v) is 10.4. The Morgan fingerprint density at radius 3 is 2.94 bits per heavy atom. The molecule has 0 amide bonds. The summed E-state index contributed by atoms with van der Waals surface area (Å²) in [6.07, 6.45) is 3.72. The summed E-state index contributed by atoms with van der Waals surface area (Å²) in [5.74, 6) is 1.40. The Morgan fingerprint density at radius 2 is 2.19 bits per heavy atom. The van der Waals surface area contributed by atoms with Crippen molar-refractivity contribution >= 4 is 33.0 Å². The van der Waals surface area contributed by atoms with E-state index in [1.165, 1.54) is 0 Å². The summed E-state index contributed by atoms with van der Waals surface area (Å²) in [6, 6.07) is 7.44. The van der Waals surface area contributed by atoms with E-state index in [1.807, 2.05) is 22.7 Å². The average Bonchev–Trinajstić information content (AvgIpc) is 2.83. The van der Waals surface area contributed by atoms with Crippen LogP contribution in [-0.4, -0.2) is 9.38 Å². The number of fused-ring (bicyclic) bond motifs is 1. The van der Waals surface area contributed by atoms with Gasteiger partial charge in [0.05, 0.1) is 11.7 Å². The van der Waals surface area contributed by atoms with Crippen LogP contribution in [-0.2, 0) is 0 Å². The lowest BCUT2D eigenvalue weighted by molar-refractivity contribution is 0.579. The molecule has 16 heavy (non-hydrogen) atoms. The number of pyridine rings is 1. The number of hydrogen-bond acceptors (Lipinski definition) is 2. The van der Waals surface area contributed by atoms with Gasteiger partial charge in [-0.05, 0) is 35.9 Å². The van der Waals surface area contributed by atoms with Crippen molar-refractivity contribution in [2.75, 3.05) is 0 Å². The van der Waals surface area contributed by atoms with Crippen LogP contribution in [0.4, 0.5) is 0 Å². The van der Waals surface area contributed by atoms with Crippen LogP contribution < -0.4 is 0 Å². The Bertz CT molecular complexity index is 659. The van der Waals surface area contributed by atoms with Gasteiger partial charge in [-0.15, -0.1) is 0 Å².